The molecule has 2 aromatic carbocycles. The van der Waals surface area contributed by atoms with Gasteiger partial charge in [-0.2, -0.15) is 0 Å². The molecule has 4 nitrogen and oxygen atoms in total. The van der Waals surface area contributed by atoms with Gasteiger partial charge in [-0.1, -0.05) is 30.3 Å². The number of rotatable bonds is 6. The molecule has 1 N–H and O–H groups in total. The molecule has 0 bridgehead atoms. The number of aliphatic carboxylic acids is 1. The molecule has 0 saturated carbocycles. The maximum Gasteiger partial charge on any atom is 1.00 e. The fourth-order valence-electron chi connectivity index (χ4n) is 3.18. The summed E-state index contributed by atoms with van der Waals surface area (Å²) in [5, 5.41) is 8.77. The van der Waals surface area contributed by atoms with Gasteiger partial charge in [-0.15, -0.1) is 0 Å². The van der Waals surface area contributed by atoms with Gasteiger partial charge in [0.05, 0.1) is 6.42 Å². The maximum absolute atomic E-state index is 10.7. The Morgan fingerprint density at radius 3 is 2.24 bits per heavy atom. The summed E-state index contributed by atoms with van der Waals surface area (Å²) in [6.45, 7) is 2.60. The van der Waals surface area contributed by atoms with Crippen LogP contribution in [0.15, 0.2) is 54.6 Å². The molecule has 0 radical (unpaired) electrons. The Bertz CT molecular complexity index is 659. The standard InChI is InChI=1S/C20H23NO3.Li.H/c22-20(23)12-15-21-13-10-17(11-14-21)16-6-8-19(9-7-16)24-18-4-2-1-3-5-18;;/h1-9,17H,10-15H2,(H,22,23);;/q;+1;-1. The van der Waals surface area contributed by atoms with Crippen LogP contribution in [0.3, 0.4) is 0 Å². The van der Waals surface area contributed by atoms with Crippen LogP contribution < -0.4 is 23.6 Å². The van der Waals surface area contributed by atoms with Crippen LogP contribution in [0.5, 0.6) is 11.5 Å². The van der Waals surface area contributed by atoms with E-state index in [0.717, 1.165) is 37.4 Å². The van der Waals surface area contributed by atoms with Crippen molar-refractivity contribution < 1.29 is 34.9 Å². The van der Waals surface area contributed by atoms with Gasteiger partial charge in [-0.05, 0) is 61.7 Å². The van der Waals surface area contributed by atoms with Crippen molar-refractivity contribution in [2.45, 2.75) is 25.2 Å². The number of likely N-dealkylation sites (tertiary alicyclic amines) is 1. The molecular weight excluding hydrogens is 309 g/mol. The first-order valence-electron chi connectivity index (χ1n) is 8.48. The van der Waals surface area contributed by atoms with Crippen molar-refractivity contribution in [3.05, 3.63) is 60.2 Å². The topological polar surface area (TPSA) is 49.8 Å². The molecule has 0 spiro atoms. The van der Waals surface area contributed by atoms with Crippen molar-refractivity contribution in [1.29, 1.82) is 0 Å². The summed E-state index contributed by atoms with van der Waals surface area (Å²) in [5.74, 6) is 1.53. The van der Waals surface area contributed by atoms with E-state index in [1.165, 1.54) is 5.56 Å². The van der Waals surface area contributed by atoms with Gasteiger partial charge in [-0.25, -0.2) is 0 Å². The van der Waals surface area contributed by atoms with Crippen LogP contribution in [-0.4, -0.2) is 35.6 Å². The van der Waals surface area contributed by atoms with Crippen LogP contribution in [0.2, 0.25) is 0 Å². The monoisotopic (exact) mass is 333 g/mol. The number of benzene rings is 2. The van der Waals surface area contributed by atoms with Gasteiger partial charge in [0.15, 0.2) is 0 Å². The van der Waals surface area contributed by atoms with Gasteiger partial charge in [-0.3, -0.25) is 4.79 Å². The number of para-hydroxylation sites is 1. The first kappa shape index (κ1) is 19.6. The molecule has 5 heteroatoms. The second-order valence-electron chi connectivity index (χ2n) is 6.24. The van der Waals surface area contributed by atoms with E-state index in [1.807, 2.05) is 42.5 Å². The number of carboxylic acids is 1. The second kappa shape index (κ2) is 9.67. The molecule has 3 rings (SSSR count). The summed E-state index contributed by atoms with van der Waals surface area (Å²) in [6.07, 6.45) is 2.40. The Hall–Kier alpha value is -1.73. The van der Waals surface area contributed by atoms with Gasteiger partial charge in [0.1, 0.15) is 11.5 Å². The molecule has 2 aromatic rings. The van der Waals surface area contributed by atoms with Crippen LogP contribution in [0, 0.1) is 0 Å². The first-order valence-corrected chi connectivity index (χ1v) is 8.48. The van der Waals surface area contributed by atoms with E-state index in [2.05, 4.69) is 17.0 Å². The number of ether oxygens (including phenoxy) is 1. The zero-order valence-corrected chi connectivity index (χ0v) is 14.7. The molecule has 0 atom stereocenters. The average Bonchev–Trinajstić information content (AvgIpc) is 2.62. The number of nitrogens with zero attached hydrogens (tertiary/aromatic N) is 1. The van der Waals surface area contributed by atoms with E-state index in [4.69, 9.17) is 9.84 Å². The molecule has 0 aromatic heterocycles. The summed E-state index contributed by atoms with van der Waals surface area (Å²) in [6, 6.07) is 18.1. The maximum atomic E-state index is 10.7. The summed E-state index contributed by atoms with van der Waals surface area (Å²) in [7, 11) is 0. The second-order valence-corrected chi connectivity index (χ2v) is 6.24. The summed E-state index contributed by atoms with van der Waals surface area (Å²) in [4.78, 5) is 12.9. The van der Waals surface area contributed by atoms with Crippen molar-refractivity contribution in [2.75, 3.05) is 19.6 Å². The smallest absolute Gasteiger partial charge is 1.00 e. The first-order chi connectivity index (χ1) is 11.7. The third-order valence-corrected chi connectivity index (χ3v) is 4.56. The van der Waals surface area contributed by atoms with Crippen LogP contribution >= 0.6 is 0 Å². The minimum Gasteiger partial charge on any atom is -1.00 e. The number of hydrogen-bond donors (Lipinski definition) is 1. The van der Waals surface area contributed by atoms with Gasteiger partial charge in [0.25, 0.3) is 0 Å². The van der Waals surface area contributed by atoms with Crippen molar-refractivity contribution in [1.82, 2.24) is 4.90 Å². The third-order valence-electron chi connectivity index (χ3n) is 4.56. The molecule has 128 valence electrons. The Balaban J connectivity index is 0.00000169. The minimum atomic E-state index is -0.717. The Labute approximate surface area is 162 Å². The summed E-state index contributed by atoms with van der Waals surface area (Å²) in [5.41, 5.74) is 1.34. The van der Waals surface area contributed by atoms with Crippen molar-refractivity contribution in [2.24, 2.45) is 0 Å². The summed E-state index contributed by atoms with van der Waals surface area (Å²) < 4.78 is 5.83. The van der Waals surface area contributed by atoms with Crippen LogP contribution in [0.25, 0.3) is 0 Å². The van der Waals surface area contributed by atoms with Gasteiger partial charge in [0, 0.05) is 6.54 Å². The average molecular weight is 333 g/mol. The van der Waals surface area contributed by atoms with Crippen molar-refractivity contribution in [3.8, 4) is 11.5 Å². The van der Waals surface area contributed by atoms with E-state index < -0.39 is 5.97 Å². The quantitative estimate of drug-likeness (QED) is 0.809. The zero-order chi connectivity index (χ0) is 16.8. The molecule has 1 fully saturated rings. The third kappa shape index (κ3) is 5.93. The molecule has 0 aliphatic carbocycles. The van der Waals surface area contributed by atoms with Gasteiger partial charge in [0.2, 0.25) is 0 Å². The number of carboxylic acid groups (broad SMARTS) is 1. The molecule has 0 amide bonds. The molecule has 0 unspecified atom stereocenters. The van der Waals surface area contributed by atoms with Crippen LogP contribution in [0.1, 0.15) is 32.2 Å². The number of piperidine rings is 1. The Kier molecular flexibility index (Phi) is 7.58. The van der Waals surface area contributed by atoms with Crippen molar-refractivity contribution in [3.63, 3.8) is 0 Å². The minimum absolute atomic E-state index is 0. The van der Waals surface area contributed by atoms with E-state index in [1.54, 1.807) is 0 Å². The molecule has 1 aliphatic rings. The Morgan fingerprint density at radius 1 is 1.04 bits per heavy atom. The van der Waals surface area contributed by atoms with E-state index in [-0.39, 0.29) is 26.7 Å². The molecule has 1 saturated heterocycles. The Morgan fingerprint density at radius 2 is 1.64 bits per heavy atom. The molecule has 1 aliphatic heterocycles. The molecule has 1 heterocycles. The normalized spacial score (nSPS) is 15.4. The van der Waals surface area contributed by atoms with E-state index >= 15 is 0 Å². The van der Waals surface area contributed by atoms with E-state index in [0.29, 0.717) is 12.5 Å². The predicted octanol–water partition coefficient (Wildman–Crippen LogP) is 1.25. The van der Waals surface area contributed by atoms with Gasteiger partial charge >= 0.3 is 24.8 Å². The zero-order valence-electron chi connectivity index (χ0n) is 15.7. The molecule has 25 heavy (non-hydrogen) atoms. The van der Waals surface area contributed by atoms with Gasteiger partial charge < -0.3 is 16.2 Å². The van der Waals surface area contributed by atoms with Crippen molar-refractivity contribution >= 4 is 5.97 Å². The summed E-state index contributed by atoms with van der Waals surface area (Å²) >= 11 is 0. The van der Waals surface area contributed by atoms with Crippen LogP contribution in [-0.2, 0) is 4.79 Å². The molecular formula is C20H24LiNO3. The predicted molar refractivity (Wildman–Crippen MR) is 94.7 cm³/mol. The van der Waals surface area contributed by atoms with Crippen LogP contribution in [0.4, 0.5) is 0 Å². The SMILES string of the molecule is O=C(O)CCN1CCC(c2ccc(Oc3ccccc3)cc2)CC1.[H-].[Li+]. The fraction of sp³-hybridized carbons (Fsp3) is 0.350. The van der Waals surface area contributed by atoms with E-state index in [9.17, 15) is 4.79 Å². The largest absolute Gasteiger partial charge is 1.00 e. The fourth-order valence-corrected chi connectivity index (χ4v) is 3.18. The number of carbonyl (C=O) groups is 1. The number of hydrogen-bond acceptors (Lipinski definition) is 3.